The number of halogens is 3. The van der Waals surface area contributed by atoms with Crippen molar-refractivity contribution in [3.8, 4) is 0 Å². The molecule has 2 rings (SSSR count). The lowest BCUT2D eigenvalue weighted by molar-refractivity contribution is 0.598. The number of hydrogen-bond donors (Lipinski definition) is 1. The van der Waals surface area contributed by atoms with E-state index in [0.29, 0.717) is 6.04 Å². The zero-order valence-corrected chi connectivity index (χ0v) is 9.21. The maximum absolute atomic E-state index is 12.5. The zero-order valence-electron chi connectivity index (χ0n) is 7.57. The summed E-state index contributed by atoms with van der Waals surface area (Å²) in [6, 6.07) is 3.55. The smallest absolute Gasteiger partial charge is 0.141 e. The van der Waals surface area contributed by atoms with Crippen molar-refractivity contribution in [2.45, 2.75) is 18.9 Å². The first-order valence-corrected chi connectivity index (χ1v) is 4.21. The van der Waals surface area contributed by atoms with E-state index in [0.717, 1.165) is 18.7 Å². The van der Waals surface area contributed by atoms with Gasteiger partial charge in [-0.05, 0) is 31.5 Å². The monoisotopic (exact) mass is 238 g/mol. The number of nitrogens with zero attached hydrogens (tertiary/aromatic N) is 1. The van der Waals surface area contributed by atoms with Crippen LogP contribution >= 0.6 is 24.8 Å². The Kier molecular flexibility index (Phi) is 6.00. The van der Waals surface area contributed by atoms with E-state index in [2.05, 4.69) is 10.3 Å². The third-order valence-corrected chi connectivity index (χ3v) is 2.17. The Morgan fingerprint density at radius 1 is 1.36 bits per heavy atom. The molecule has 1 fully saturated rings. The molecule has 80 valence electrons. The Morgan fingerprint density at radius 2 is 2.14 bits per heavy atom. The molecule has 0 radical (unpaired) electrons. The van der Waals surface area contributed by atoms with E-state index in [4.69, 9.17) is 0 Å². The molecule has 1 aromatic heterocycles. The largest absolute Gasteiger partial charge is 0.309 e. The Bertz CT molecular complexity index is 260. The van der Waals surface area contributed by atoms with Crippen molar-refractivity contribution < 1.29 is 4.39 Å². The van der Waals surface area contributed by atoms with Gasteiger partial charge in [0.2, 0.25) is 0 Å². The molecule has 5 heteroatoms. The molecular formula is C9H13Cl2FN2. The highest BCUT2D eigenvalue weighted by Crippen LogP contribution is 2.20. The zero-order chi connectivity index (χ0) is 8.39. The van der Waals surface area contributed by atoms with Crippen molar-refractivity contribution in [1.82, 2.24) is 10.3 Å². The van der Waals surface area contributed by atoms with Gasteiger partial charge >= 0.3 is 0 Å². The molecule has 0 amide bonds. The molecule has 2 heterocycles. The van der Waals surface area contributed by atoms with E-state index in [1.54, 1.807) is 6.07 Å². The Labute approximate surface area is 95.1 Å². The van der Waals surface area contributed by atoms with Gasteiger partial charge in [-0.1, -0.05) is 0 Å². The summed E-state index contributed by atoms with van der Waals surface area (Å²) >= 11 is 0. The third kappa shape index (κ3) is 3.08. The summed E-state index contributed by atoms with van der Waals surface area (Å²) in [6.45, 7) is 1.05. The van der Waals surface area contributed by atoms with Crippen molar-refractivity contribution in [1.29, 1.82) is 0 Å². The SMILES string of the molecule is Cl.Cl.Fc1ccc([C@H]2CCCN2)nc1. The van der Waals surface area contributed by atoms with Crippen LogP contribution < -0.4 is 5.32 Å². The van der Waals surface area contributed by atoms with E-state index in [-0.39, 0.29) is 30.6 Å². The van der Waals surface area contributed by atoms with Crippen LogP contribution in [0.4, 0.5) is 4.39 Å². The van der Waals surface area contributed by atoms with Crippen molar-refractivity contribution >= 4 is 24.8 Å². The lowest BCUT2D eigenvalue weighted by Gasteiger charge is -2.07. The second-order valence-corrected chi connectivity index (χ2v) is 3.05. The molecule has 1 N–H and O–H groups in total. The lowest BCUT2D eigenvalue weighted by Crippen LogP contribution is -2.13. The molecule has 14 heavy (non-hydrogen) atoms. The first-order valence-electron chi connectivity index (χ1n) is 4.21. The molecule has 0 aliphatic carbocycles. The van der Waals surface area contributed by atoms with Crippen LogP contribution in [0.25, 0.3) is 0 Å². The van der Waals surface area contributed by atoms with Gasteiger partial charge in [0.05, 0.1) is 11.9 Å². The van der Waals surface area contributed by atoms with Crippen LogP contribution in [0.2, 0.25) is 0 Å². The summed E-state index contributed by atoms with van der Waals surface area (Å²) < 4.78 is 12.5. The summed E-state index contributed by atoms with van der Waals surface area (Å²) in [5.74, 6) is -0.267. The fourth-order valence-electron chi connectivity index (χ4n) is 1.53. The number of hydrogen-bond acceptors (Lipinski definition) is 2. The molecule has 1 saturated heterocycles. The van der Waals surface area contributed by atoms with E-state index in [1.807, 2.05) is 0 Å². The predicted octanol–water partition coefficient (Wildman–Crippen LogP) is 2.49. The minimum atomic E-state index is -0.267. The molecule has 1 aliphatic rings. The molecule has 1 atom stereocenters. The average Bonchev–Trinajstić information content (AvgIpc) is 2.58. The summed E-state index contributed by atoms with van der Waals surface area (Å²) in [6.07, 6.45) is 3.57. The van der Waals surface area contributed by atoms with Crippen molar-refractivity contribution in [3.63, 3.8) is 0 Å². The van der Waals surface area contributed by atoms with Crippen LogP contribution in [0.1, 0.15) is 24.6 Å². The average molecular weight is 239 g/mol. The standard InChI is InChI=1S/C9H11FN2.2ClH/c10-7-3-4-9(12-6-7)8-2-1-5-11-8;;/h3-4,6,8,11H,1-2,5H2;2*1H/t8-;;/m1../s1. The maximum atomic E-state index is 12.5. The molecular weight excluding hydrogens is 226 g/mol. The lowest BCUT2D eigenvalue weighted by atomic mass is 10.1. The number of aromatic nitrogens is 1. The minimum Gasteiger partial charge on any atom is -0.309 e. The van der Waals surface area contributed by atoms with Gasteiger partial charge in [0, 0.05) is 6.04 Å². The highest BCUT2D eigenvalue weighted by atomic mass is 35.5. The van der Waals surface area contributed by atoms with Gasteiger partial charge in [-0.3, -0.25) is 4.98 Å². The molecule has 1 aromatic rings. The fourth-order valence-corrected chi connectivity index (χ4v) is 1.53. The highest BCUT2D eigenvalue weighted by molar-refractivity contribution is 5.85. The summed E-state index contributed by atoms with van der Waals surface area (Å²) in [5, 5.41) is 3.31. The van der Waals surface area contributed by atoms with Gasteiger partial charge in [-0.2, -0.15) is 0 Å². The molecule has 2 nitrogen and oxygen atoms in total. The highest BCUT2D eigenvalue weighted by Gasteiger charge is 2.16. The topological polar surface area (TPSA) is 24.9 Å². The molecule has 0 aromatic carbocycles. The van der Waals surface area contributed by atoms with E-state index in [1.165, 1.54) is 18.7 Å². The number of pyridine rings is 1. The van der Waals surface area contributed by atoms with Crippen LogP contribution in [-0.4, -0.2) is 11.5 Å². The first-order chi connectivity index (χ1) is 5.86. The maximum Gasteiger partial charge on any atom is 0.141 e. The Hall–Kier alpha value is -0.380. The van der Waals surface area contributed by atoms with Crippen LogP contribution in [0.15, 0.2) is 18.3 Å². The van der Waals surface area contributed by atoms with Gasteiger partial charge in [0.1, 0.15) is 5.82 Å². The second kappa shape index (κ2) is 6.17. The Morgan fingerprint density at radius 3 is 2.64 bits per heavy atom. The Balaban J connectivity index is 0.000000845. The van der Waals surface area contributed by atoms with Crippen molar-refractivity contribution in [3.05, 3.63) is 29.8 Å². The first kappa shape index (κ1) is 13.6. The number of rotatable bonds is 1. The normalized spacial score (nSPS) is 19.6. The van der Waals surface area contributed by atoms with E-state index < -0.39 is 0 Å². The molecule has 0 spiro atoms. The van der Waals surface area contributed by atoms with Crippen molar-refractivity contribution in [2.24, 2.45) is 0 Å². The van der Waals surface area contributed by atoms with Crippen LogP contribution in [0, 0.1) is 5.82 Å². The van der Waals surface area contributed by atoms with Gasteiger partial charge in [0.25, 0.3) is 0 Å². The van der Waals surface area contributed by atoms with Gasteiger partial charge in [-0.25, -0.2) is 4.39 Å². The van der Waals surface area contributed by atoms with E-state index in [9.17, 15) is 4.39 Å². The quantitative estimate of drug-likeness (QED) is 0.814. The molecule has 0 unspecified atom stereocenters. The third-order valence-electron chi connectivity index (χ3n) is 2.17. The van der Waals surface area contributed by atoms with Crippen LogP contribution in [0.3, 0.4) is 0 Å². The summed E-state index contributed by atoms with van der Waals surface area (Å²) in [5.41, 5.74) is 0.953. The van der Waals surface area contributed by atoms with Crippen molar-refractivity contribution in [2.75, 3.05) is 6.54 Å². The van der Waals surface area contributed by atoms with E-state index >= 15 is 0 Å². The molecule has 1 aliphatic heterocycles. The molecule has 0 saturated carbocycles. The summed E-state index contributed by atoms with van der Waals surface area (Å²) in [7, 11) is 0. The number of nitrogens with one attached hydrogen (secondary N) is 1. The molecule has 0 bridgehead atoms. The fraction of sp³-hybridized carbons (Fsp3) is 0.444. The van der Waals surface area contributed by atoms with Gasteiger partial charge in [0.15, 0.2) is 0 Å². The predicted molar refractivity (Wildman–Crippen MR) is 58.7 cm³/mol. The summed E-state index contributed by atoms with van der Waals surface area (Å²) in [4.78, 5) is 4.02. The van der Waals surface area contributed by atoms with Gasteiger partial charge in [-0.15, -0.1) is 24.8 Å². The van der Waals surface area contributed by atoms with Crippen LogP contribution in [-0.2, 0) is 0 Å². The minimum absolute atomic E-state index is 0. The van der Waals surface area contributed by atoms with Gasteiger partial charge < -0.3 is 5.32 Å². The second-order valence-electron chi connectivity index (χ2n) is 3.05. The van der Waals surface area contributed by atoms with Crippen LogP contribution in [0.5, 0.6) is 0 Å².